The second-order valence-electron chi connectivity index (χ2n) is 13.9. The van der Waals surface area contributed by atoms with E-state index in [1.54, 1.807) is 0 Å². The minimum atomic E-state index is -1.22. The van der Waals surface area contributed by atoms with Crippen molar-refractivity contribution in [1.82, 2.24) is 15.0 Å². The van der Waals surface area contributed by atoms with Crippen molar-refractivity contribution >= 4 is 70.9 Å². The fourth-order valence-corrected chi connectivity index (χ4v) is 8.01. The predicted molar refractivity (Wildman–Crippen MR) is 204 cm³/mol. The van der Waals surface area contributed by atoms with E-state index in [2.05, 4.69) is 13.8 Å². The third kappa shape index (κ3) is 7.17. The van der Waals surface area contributed by atoms with Crippen molar-refractivity contribution in [2.45, 2.75) is 93.0 Å². The van der Waals surface area contributed by atoms with Crippen molar-refractivity contribution < 1.29 is 28.7 Å². The zero-order valence-corrected chi connectivity index (χ0v) is 33.4. The number of hydrogen-bond donors (Lipinski definition) is 0. The minimum Gasteiger partial charge on any atom is -0.678 e. The van der Waals surface area contributed by atoms with Crippen LogP contribution in [0.3, 0.4) is 0 Å². The van der Waals surface area contributed by atoms with Crippen molar-refractivity contribution in [3.8, 4) is 0 Å². The number of methoxy groups -OCH3 is 1. The Morgan fingerprint density at radius 1 is 0.887 bits per heavy atom. The molecule has 0 fully saturated rings. The molecule has 3 aliphatic rings. The monoisotopic (exact) mass is 726 g/mol. The van der Waals surface area contributed by atoms with Crippen LogP contribution < -0.4 is 36.3 Å². The van der Waals surface area contributed by atoms with E-state index in [-0.39, 0.29) is 53.8 Å². The van der Waals surface area contributed by atoms with E-state index in [1.165, 1.54) is 12.7 Å². The van der Waals surface area contributed by atoms with Gasteiger partial charge in [0.1, 0.15) is 18.8 Å². The van der Waals surface area contributed by atoms with Gasteiger partial charge in [-0.25, -0.2) is 0 Å². The van der Waals surface area contributed by atoms with Gasteiger partial charge in [0.15, 0.2) is 5.78 Å². The van der Waals surface area contributed by atoms with Crippen LogP contribution in [-0.2, 0) is 31.9 Å². The summed E-state index contributed by atoms with van der Waals surface area (Å²) in [4.78, 5) is 68.1. The fraction of sp³-hybridized carbons (Fsp3) is 0.429. The summed E-state index contributed by atoms with van der Waals surface area (Å²) in [5.74, 6) is -2.95. The number of esters is 2. The number of carbonyl (C=O) groups is 4. The third-order valence-electron chi connectivity index (χ3n) is 10.9. The number of aldehydes is 1. The molecule has 6 rings (SSSR count). The van der Waals surface area contributed by atoms with Gasteiger partial charge in [0.25, 0.3) is 0 Å². The molecule has 0 spiro atoms. The molecule has 3 aromatic rings. The molecule has 1 aliphatic carbocycles. The summed E-state index contributed by atoms with van der Waals surface area (Å²) in [7, 11) is 1.27. The van der Waals surface area contributed by atoms with Gasteiger partial charge < -0.3 is 29.7 Å². The molecule has 5 heterocycles. The standard InChI is InChI=1S/C42H47N4O6.Mg/c1-9-12-21(4)15-16-52-35(48)14-13-27-23(6)30-17-29-22(5)25(10-2)32(43-29)19-34-28(20-47)26(11-3)33(44-34)18-31-24(7)36-40(46-31)37(39(27)45-30)38(41(36)49)42(50)51-8;/h15,17-20,27,38-39H,9-14,16H2,1-8H3,(H-,43,44,47,49);/q-3;+2/p-1/b21-15-,29-17-;/t27-,38+,39?;/m0./s1. The van der Waals surface area contributed by atoms with Gasteiger partial charge in [-0.1, -0.05) is 90.4 Å². The topological polar surface area (TPSA) is 143 Å². The first-order valence-electron chi connectivity index (χ1n) is 18.2. The van der Waals surface area contributed by atoms with Gasteiger partial charge in [0.05, 0.1) is 7.11 Å². The van der Waals surface area contributed by atoms with Gasteiger partial charge in [-0.3, -0.25) is 19.2 Å². The molecular weight excluding hydrogens is 681 g/mol. The van der Waals surface area contributed by atoms with Crippen LogP contribution >= 0.6 is 0 Å². The Bertz CT molecular complexity index is 2300. The maximum atomic E-state index is 14.2. The number of hydrogen-bond acceptors (Lipinski definition) is 6. The van der Waals surface area contributed by atoms with Gasteiger partial charge in [0, 0.05) is 17.5 Å². The molecule has 0 aromatic carbocycles. The summed E-state index contributed by atoms with van der Waals surface area (Å²) in [5, 5.41) is 7.62. The molecule has 10 nitrogen and oxygen atoms in total. The first-order valence-corrected chi connectivity index (χ1v) is 18.2. The predicted octanol–water partition coefficient (Wildman–Crippen LogP) is 3.04. The molecule has 1 unspecified atom stereocenters. The molecular formula is C42H46MgN4O6-2. The molecule has 0 radical (unpaired) electrons. The maximum Gasteiger partial charge on any atom is 2.00 e. The van der Waals surface area contributed by atoms with Crippen molar-refractivity contribution in [2.75, 3.05) is 13.7 Å². The summed E-state index contributed by atoms with van der Waals surface area (Å²) in [6, 6.07) is -0.668. The van der Waals surface area contributed by atoms with Gasteiger partial charge in [-0.05, 0) is 65.4 Å². The molecule has 2 aliphatic heterocycles. The Balaban J connectivity index is 0.00000541. The van der Waals surface area contributed by atoms with Crippen molar-refractivity contribution in [3.05, 3.63) is 94.4 Å². The zero-order chi connectivity index (χ0) is 37.4. The quantitative estimate of drug-likeness (QED) is 0.0958. The molecule has 0 amide bonds. The zero-order valence-electron chi connectivity index (χ0n) is 32.0. The number of aromatic nitrogens is 3. The average Bonchev–Trinajstić information content (AvgIpc) is 3.87. The Kier molecular flexibility index (Phi) is 12.3. The van der Waals surface area contributed by atoms with Crippen LogP contribution in [0.4, 0.5) is 0 Å². The average molecular weight is 727 g/mol. The molecule has 3 aromatic heterocycles. The number of carbonyl (C=O) groups excluding carboxylic acids is 4. The number of Topliss-reactive ketones (excluding diaryl/α,β-unsaturated/α-hetero) is 1. The Morgan fingerprint density at radius 3 is 2.25 bits per heavy atom. The van der Waals surface area contributed by atoms with Crippen LogP contribution in [-0.4, -0.2) is 66.8 Å². The van der Waals surface area contributed by atoms with Crippen LogP contribution in [0.2, 0.25) is 0 Å². The third-order valence-corrected chi connectivity index (χ3v) is 10.9. The number of fused-ring (bicyclic) bond motifs is 8. The largest absolute Gasteiger partial charge is 2.00 e. The molecule has 274 valence electrons. The molecule has 3 atom stereocenters. The molecule has 11 heteroatoms. The maximum absolute atomic E-state index is 14.2. The van der Waals surface area contributed by atoms with Crippen molar-refractivity contribution in [2.24, 2.45) is 11.8 Å². The minimum absolute atomic E-state index is 0. The van der Waals surface area contributed by atoms with Crippen molar-refractivity contribution in [1.29, 1.82) is 0 Å². The smallest absolute Gasteiger partial charge is 0.678 e. The SMILES string of the molecule is CCC/C(C)=C\COC(=O)CC[C@H]1C(C)=C2/C=c3\[n-]/c(c(CC)c3C)=C\c3[n-]c(c(CC)c3C=O)/C=c3\[n-]c4c(c3C)C(=O)[C@H](C(=O)OC)C=4C1[N-]2.[Mg+2]. The Hall–Kier alpha value is -4.35. The second-order valence-corrected chi connectivity index (χ2v) is 13.9. The van der Waals surface area contributed by atoms with E-state index >= 15 is 0 Å². The van der Waals surface area contributed by atoms with Gasteiger partial charge in [-0.15, -0.1) is 38.5 Å². The van der Waals surface area contributed by atoms with Gasteiger partial charge >= 0.3 is 35.0 Å². The summed E-state index contributed by atoms with van der Waals surface area (Å²) >= 11 is 0. The van der Waals surface area contributed by atoms with E-state index in [0.29, 0.717) is 69.3 Å². The van der Waals surface area contributed by atoms with E-state index < -0.39 is 17.9 Å². The van der Waals surface area contributed by atoms with E-state index in [0.717, 1.165) is 52.1 Å². The summed E-state index contributed by atoms with van der Waals surface area (Å²) in [5.41, 5.74) is 8.63. The van der Waals surface area contributed by atoms with Crippen LogP contribution in [0.1, 0.15) is 115 Å². The van der Waals surface area contributed by atoms with Crippen LogP contribution in [0, 0.1) is 25.7 Å². The van der Waals surface area contributed by atoms with Crippen LogP contribution in [0.15, 0.2) is 22.9 Å². The summed E-state index contributed by atoms with van der Waals surface area (Å²) in [6.45, 7) is 14.2. The van der Waals surface area contributed by atoms with Crippen molar-refractivity contribution in [3.63, 3.8) is 0 Å². The number of ether oxygens (including phenoxy) is 2. The molecule has 0 N–H and O–H groups in total. The fourth-order valence-electron chi connectivity index (χ4n) is 8.01. The first-order chi connectivity index (χ1) is 25.0. The Labute approximate surface area is 326 Å². The van der Waals surface area contributed by atoms with E-state index in [1.807, 2.05) is 58.9 Å². The number of rotatable bonds is 11. The number of nitrogens with zero attached hydrogens (tertiary/aromatic N) is 4. The summed E-state index contributed by atoms with van der Waals surface area (Å²) < 4.78 is 10.8. The number of allylic oxidation sites excluding steroid dienone is 2. The normalized spacial score (nSPS) is 20.8. The Morgan fingerprint density at radius 2 is 1.58 bits per heavy atom. The first kappa shape index (κ1) is 39.8. The summed E-state index contributed by atoms with van der Waals surface area (Å²) in [6.07, 6.45) is 12.2. The second kappa shape index (κ2) is 16.3. The van der Waals surface area contributed by atoms with Gasteiger partial charge in [-0.2, -0.15) is 0 Å². The molecule has 53 heavy (non-hydrogen) atoms. The number of ketones is 1. The van der Waals surface area contributed by atoms with Gasteiger partial charge in [0.2, 0.25) is 0 Å². The van der Waals surface area contributed by atoms with Crippen LogP contribution in [0.5, 0.6) is 0 Å². The van der Waals surface area contributed by atoms with E-state index in [9.17, 15) is 19.2 Å². The van der Waals surface area contributed by atoms with Crippen LogP contribution in [0.25, 0.3) is 29.1 Å². The molecule has 0 saturated heterocycles. The molecule has 0 saturated carbocycles. The van der Waals surface area contributed by atoms with E-state index in [4.69, 9.17) is 29.7 Å². The molecule has 8 bridgehead atoms.